The molecule has 0 saturated heterocycles. The Morgan fingerprint density at radius 1 is 1.29 bits per heavy atom. The van der Waals surface area contributed by atoms with Crippen LogP contribution in [0.1, 0.15) is 23.7 Å². The summed E-state index contributed by atoms with van der Waals surface area (Å²) < 4.78 is 53.8. The molecule has 28 heavy (non-hydrogen) atoms. The zero-order valence-electron chi connectivity index (χ0n) is 15.2. The summed E-state index contributed by atoms with van der Waals surface area (Å²) in [4.78, 5) is 17.3. The van der Waals surface area contributed by atoms with Crippen molar-refractivity contribution >= 4 is 22.5 Å². The second kappa shape index (κ2) is 5.83. The van der Waals surface area contributed by atoms with Crippen molar-refractivity contribution in [1.82, 2.24) is 15.2 Å². The van der Waals surface area contributed by atoms with Crippen LogP contribution in [0.3, 0.4) is 0 Å². The van der Waals surface area contributed by atoms with E-state index in [0.717, 1.165) is 11.1 Å². The van der Waals surface area contributed by atoms with Crippen molar-refractivity contribution in [3.05, 3.63) is 46.5 Å². The van der Waals surface area contributed by atoms with Crippen molar-refractivity contribution < 1.29 is 22.4 Å². The number of allylic oxidation sites excluding steroid dienone is 1. The van der Waals surface area contributed by atoms with E-state index in [9.17, 15) is 22.4 Å². The van der Waals surface area contributed by atoms with Gasteiger partial charge in [-0.15, -0.1) is 0 Å². The first-order valence-electron chi connectivity index (χ1n) is 8.73. The zero-order valence-corrected chi connectivity index (χ0v) is 15.2. The van der Waals surface area contributed by atoms with Crippen LogP contribution in [0.25, 0.3) is 10.9 Å². The second-order valence-electron chi connectivity index (χ2n) is 7.58. The van der Waals surface area contributed by atoms with Crippen molar-refractivity contribution in [2.45, 2.75) is 38.5 Å². The molecular weight excluding hydrogens is 376 g/mol. The van der Waals surface area contributed by atoms with Gasteiger partial charge in [0.15, 0.2) is 0 Å². The minimum absolute atomic E-state index is 0.0915. The minimum Gasteiger partial charge on any atom is -0.379 e. The largest absolute Gasteiger partial charge is 0.430 e. The van der Waals surface area contributed by atoms with Gasteiger partial charge in [0.1, 0.15) is 17.2 Å². The average molecular weight is 394 g/mol. The average Bonchev–Trinajstić information content (AvgIpc) is 2.97. The third-order valence-corrected chi connectivity index (χ3v) is 5.56. The minimum atomic E-state index is -4.69. The van der Waals surface area contributed by atoms with Gasteiger partial charge >= 0.3 is 6.18 Å². The number of aromatic amines is 1. The predicted molar refractivity (Wildman–Crippen MR) is 95.5 cm³/mol. The SMILES string of the molecule is Cc1ccc(F)c2[nH]c3c(c12)CN1C(=O)C(=N)/C=C(/C(F)(F)F)NCC1(C)C3. The lowest BCUT2D eigenvalue weighted by Gasteiger charge is -2.46. The standard InChI is InChI=1S/C19H18F4N4O/c1-9-3-4-11(20)16-15(9)10-7-27-17(28)12(24)5-14(19(21,22)23)25-8-18(27,2)6-13(10)26-16/h3-5,24-26H,6-8H2,1-2H3/b14-5-,24-12?. The van der Waals surface area contributed by atoms with E-state index < -0.39 is 34.8 Å². The second-order valence-corrected chi connectivity index (χ2v) is 7.58. The fourth-order valence-electron chi connectivity index (χ4n) is 4.07. The van der Waals surface area contributed by atoms with Crippen molar-refractivity contribution in [3.8, 4) is 0 Å². The number of benzene rings is 1. The van der Waals surface area contributed by atoms with Gasteiger partial charge in [0.05, 0.1) is 11.1 Å². The first-order valence-corrected chi connectivity index (χ1v) is 8.73. The molecule has 9 heteroatoms. The molecule has 148 valence electrons. The molecule has 0 fully saturated rings. The molecule has 1 amide bonds. The van der Waals surface area contributed by atoms with Gasteiger partial charge in [-0.05, 0) is 31.6 Å². The number of aromatic nitrogens is 1. The molecule has 0 radical (unpaired) electrons. The van der Waals surface area contributed by atoms with E-state index in [1.54, 1.807) is 13.0 Å². The van der Waals surface area contributed by atoms with Crippen molar-refractivity contribution in [2.75, 3.05) is 6.54 Å². The summed E-state index contributed by atoms with van der Waals surface area (Å²) in [5, 5.41) is 10.9. The predicted octanol–water partition coefficient (Wildman–Crippen LogP) is 3.33. The highest BCUT2D eigenvalue weighted by molar-refractivity contribution is 6.42. The number of alkyl halides is 3. The Kier molecular flexibility index (Phi) is 3.85. The van der Waals surface area contributed by atoms with Crippen LogP contribution in [-0.2, 0) is 17.8 Å². The number of carbonyl (C=O) groups is 1. The van der Waals surface area contributed by atoms with Gasteiger partial charge in [0, 0.05) is 36.2 Å². The van der Waals surface area contributed by atoms with E-state index in [0.29, 0.717) is 22.7 Å². The number of halogens is 4. The van der Waals surface area contributed by atoms with Crippen LogP contribution in [0.2, 0.25) is 0 Å². The van der Waals surface area contributed by atoms with Gasteiger partial charge < -0.3 is 15.2 Å². The Labute approximate surface area is 157 Å². The Morgan fingerprint density at radius 3 is 2.68 bits per heavy atom. The monoisotopic (exact) mass is 394 g/mol. The van der Waals surface area contributed by atoms with Crippen LogP contribution in [0.15, 0.2) is 23.9 Å². The summed E-state index contributed by atoms with van der Waals surface area (Å²) in [7, 11) is 0. The summed E-state index contributed by atoms with van der Waals surface area (Å²) in [6.07, 6.45) is -3.95. The molecule has 3 N–H and O–H groups in total. The molecule has 0 aliphatic carbocycles. The van der Waals surface area contributed by atoms with Crippen LogP contribution < -0.4 is 5.32 Å². The molecule has 4 rings (SSSR count). The Bertz CT molecular complexity index is 1050. The Morgan fingerprint density at radius 2 is 2.00 bits per heavy atom. The number of amides is 1. The third kappa shape index (κ3) is 2.68. The number of nitrogens with zero attached hydrogens (tertiary/aromatic N) is 1. The molecular formula is C19H18F4N4O. The van der Waals surface area contributed by atoms with Crippen LogP contribution in [0, 0.1) is 18.2 Å². The molecule has 2 aliphatic rings. The highest BCUT2D eigenvalue weighted by Gasteiger charge is 2.45. The van der Waals surface area contributed by atoms with Gasteiger partial charge in [-0.2, -0.15) is 13.2 Å². The lowest BCUT2D eigenvalue weighted by molar-refractivity contribution is -0.131. The number of fused-ring (bicyclic) bond motifs is 4. The third-order valence-electron chi connectivity index (χ3n) is 5.56. The van der Waals surface area contributed by atoms with E-state index in [2.05, 4.69) is 10.3 Å². The van der Waals surface area contributed by atoms with Gasteiger partial charge in [0.2, 0.25) is 0 Å². The van der Waals surface area contributed by atoms with E-state index in [1.165, 1.54) is 11.0 Å². The maximum Gasteiger partial charge on any atom is 0.430 e. The van der Waals surface area contributed by atoms with Crippen molar-refractivity contribution in [1.29, 1.82) is 5.41 Å². The molecule has 2 aliphatic heterocycles. The van der Waals surface area contributed by atoms with E-state index in [4.69, 9.17) is 5.41 Å². The van der Waals surface area contributed by atoms with E-state index in [1.807, 2.05) is 6.92 Å². The lowest BCUT2D eigenvalue weighted by atomic mass is 9.85. The topological polar surface area (TPSA) is 72.0 Å². The van der Waals surface area contributed by atoms with Crippen LogP contribution in [-0.4, -0.2) is 39.8 Å². The van der Waals surface area contributed by atoms with Crippen molar-refractivity contribution in [2.24, 2.45) is 0 Å². The summed E-state index contributed by atoms with van der Waals surface area (Å²) in [6.45, 7) is 3.45. The summed E-state index contributed by atoms with van der Waals surface area (Å²) >= 11 is 0. The molecule has 3 heterocycles. The number of H-pyrrole nitrogens is 1. The highest BCUT2D eigenvalue weighted by Crippen LogP contribution is 2.38. The Balaban J connectivity index is 1.83. The summed E-state index contributed by atoms with van der Waals surface area (Å²) in [5.74, 6) is -1.20. The maximum absolute atomic E-state index is 14.3. The molecule has 1 atom stereocenters. The number of aryl methyl sites for hydroxylation is 1. The molecule has 1 unspecified atom stereocenters. The number of rotatable bonds is 0. The van der Waals surface area contributed by atoms with E-state index >= 15 is 0 Å². The van der Waals surface area contributed by atoms with Gasteiger partial charge in [-0.3, -0.25) is 10.2 Å². The maximum atomic E-state index is 14.3. The van der Waals surface area contributed by atoms with Gasteiger partial charge in [0.25, 0.3) is 5.91 Å². The van der Waals surface area contributed by atoms with Gasteiger partial charge in [-0.25, -0.2) is 4.39 Å². The van der Waals surface area contributed by atoms with Crippen LogP contribution in [0.4, 0.5) is 17.6 Å². The first-order chi connectivity index (χ1) is 13.0. The number of hydrogen-bond acceptors (Lipinski definition) is 3. The van der Waals surface area contributed by atoms with E-state index in [-0.39, 0.29) is 19.5 Å². The molecule has 1 aromatic carbocycles. The number of hydrogen-bond donors (Lipinski definition) is 3. The normalized spacial score (nSPS) is 24.8. The fourth-order valence-corrected chi connectivity index (χ4v) is 4.07. The van der Waals surface area contributed by atoms with Crippen molar-refractivity contribution in [3.63, 3.8) is 0 Å². The molecule has 0 spiro atoms. The first kappa shape index (κ1) is 18.5. The fraction of sp³-hybridized carbons (Fsp3) is 0.368. The quantitative estimate of drug-likeness (QED) is 0.600. The Hall–Kier alpha value is -2.84. The molecule has 0 bridgehead atoms. The molecule has 1 aromatic heterocycles. The molecule has 2 aromatic rings. The van der Waals surface area contributed by atoms with Gasteiger partial charge in [-0.1, -0.05) is 6.07 Å². The summed E-state index contributed by atoms with van der Waals surface area (Å²) in [5.41, 5.74) is -0.259. The van der Waals surface area contributed by atoms with Crippen LogP contribution in [0.5, 0.6) is 0 Å². The smallest absolute Gasteiger partial charge is 0.379 e. The lowest BCUT2D eigenvalue weighted by Crippen LogP contribution is -2.61. The molecule has 5 nitrogen and oxygen atoms in total. The highest BCUT2D eigenvalue weighted by atomic mass is 19.4. The zero-order chi connectivity index (χ0) is 20.4. The van der Waals surface area contributed by atoms with Crippen LogP contribution >= 0.6 is 0 Å². The number of nitrogens with one attached hydrogen (secondary N) is 3. The molecule has 0 saturated carbocycles. The number of carbonyl (C=O) groups excluding carboxylic acids is 1. The summed E-state index contributed by atoms with van der Waals surface area (Å²) in [6, 6.07) is 3.00.